The Labute approximate surface area is 252 Å². The van der Waals surface area contributed by atoms with Gasteiger partial charge in [0.05, 0.1) is 29.4 Å². The van der Waals surface area contributed by atoms with Crippen LogP contribution in [-0.2, 0) is 6.54 Å². The summed E-state index contributed by atoms with van der Waals surface area (Å²) >= 11 is 0. The van der Waals surface area contributed by atoms with Crippen LogP contribution in [0.2, 0.25) is 0 Å². The predicted molar refractivity (Wildman–Crippen MR) is 159 cm³/mol. The van der Waals surface area contributed by atoms with Crippen molar-refractivity contribution in [2.75, 3.05) is 0 Å². The molecule has 2 saturated heterocycles. The molecule has 0 aliphatic carbocycles. The van der Waals surface area contributed by atoms with Gasteiger partial charge >= 0.3 is 6.09 Å². The van der Waals surface area contributed by atoms with Gasteiger partial charge in [-0.25, -0.2) is 13.6 Å². The van der Waals surface area contributed by atoms with E-state index in [1.54, 1.807) is 50.4 Å². The Morgan fingerprint density at radius 2 is 1.75 bits per heavy atom. The van der Waals surface area contributed by atoms with Crippen LogP contribution in [0, 0.1) is 23.0 Å². The highest BCUT2D eigenvalue weighted by molar-refractivity contribution is 5.99. The van der Waals surface area contributed by atoms with Crippen molar-refractivity contribution in [1.29, 1.82) is 5.26 Å². The highest BCUT2D eigenvalue weighted by Crippen LogP contribution is 2.40. The third-order valence-corrected chi connectivity index (χ3v) is 8.52. The molecule has 0 spiro atoms. The molecule has 3 aromatic carbocycles. The first-order valence-corrected chi connectivity index (χ1v) is 14.5. The van der Waals surface area contributed by atoms with E-state index < -0.39 is 23.3 Å². The lowest BCUT2D eigenvalue weighted by Crippen LogP contribution is -2.52. The molecule has 2 amide bonds. The van der Waals surface area contributed by atoms with Crippen molar-refractivity contribution in [1.82, 2.24) is 20.0 Å². The Morgan fingerprint density at radius 1 is 1.02 bits per heavy atom. The van der Waals surface area contributed by atoms with Crippen LogP contribution in [-0.4, -0.2) is 60.6 Å². The van der Waals surface area contributed by atoms with Crippen LogP contribution in [0.3, 0.4) is 0 Å². The molecule has 3 atom stereocenters. The molecule has 11 heteroatoms. The van der Waals surface area contributed by atoms with Gasteiger partial charge in [-0.05, 0) is 86.6 Å². The standard InChI is InChI=1S/C33H31F2N5O4/c1-33(2,44)17-39-30-14-29(35)27(10-21(30)16-37-39)25-8-5-19(9-26(25)18-3-4-20(15-36)28(34)11-18)31(41)40-23-6-7-24(40)13-22(12-23)38-32(42)43/h3-5,8-11,14,16,22-24,38,44H,6-7,12-13,17H2,1-2H3,(H,42,43)/t22?,23-,24+. The lowest BCUT2D eigenvalue weighted by atomic mass is 9.90. The van der Waals surface area contributed by atoms with E-state index in [-0.39, 0.29) is 41.7 Å². The summed E-state index contributed by atoms with van der Waals surface area (Å²) < 4.78 is 32.2. The van der Waals surface area contributed by atoms with E-state index in [9.17, 15) is 24.3 Å². The highest BCUT2D eigenvalue weighted by atomic mass is 19.1. The number of hydrogen-bond donors (Lipinski definition) is 3. The van der Waals surface area contributed by atoms with Gasteiger partial charge < -0.3 is 20.4 Å². The minimum Gasteiger partial charge on any atom is -0.465 e. The summed E-state index contributed by atoms with van der Waals surface area (Å²) in [5, 5.41) is 36.2. The molecule has 1 aromatic heterocycles. The minimum absolute atomic E-state index is 0.117. The number of rotatable bonds is 6. The number of halogens is 2. The van der Waals surface area contributed by atoms with Gasteiger partial charge in [0, 0.05) is 40.7 Å². The second-order valence-corrected chi connectivity index (χ2v) is 12.3. The number of nitriles is 1. The summed E-state index contributed by atoms with van der Waals surface area (Å²) in [6.45, 7) is 3.43. The first kappa shape index (κ1) is 29.3. The van der Waals surface area contributed by atoms with Gasteiger partial charge in [0.25, 0.3) is 5.91 Å². The van der Waals surface area contributed by atoms with Crippen LogP contribution in [0.1, 0.15) is 55.5 Å². The van der Waals surface area contributed by atoms with Crippen molar-refractivity contribution in [3.8, 4) is 28.3 Å². The number of nitrogens with one attached hydrogen (secondary N) is 1. The van der Waals surface area contributed by atoms with Gasteiger partial charge in [0.1, 0.15) is 17.7 Å². The molecule has 226 valence electrons. The van der Waals surface area contributed by atoms with E-state index in [0.717, 1.165) is 12.8 Å². The molecule has 2 aliphatic rings. The van der Waals surface area contributed by atoms with Crippen molar-refractivity contribution in [3.05, 3.63) is 77.5 Å². The van der Waals surface area contributed by atoms with Crippen molar-refractivity contribution in [2.24, 2.45) is 0 Å². The van der Waals surface area contributed by atoms with E-state index in [1.807, 2.05) is 11.0 Å². The third kappa shape index (κ3) is 5.49. The van der Waals surface area contributed by atoms with Gasteiger partial charge in [-0.15, -0.1) is 0 Å². The van der Waals surface area contributed by atoms with Crippen LogP contribution in [0.15, 0.2) is 54.7 Å². The topological polar surface area (TPSA) is 131 Å². The Hall–Kier alpha value is -4.82. The summed E-state index contributed by atoms with van der Waals surface area (Å²) in [7, 11) is 0. The number of aliphatic hydroxyl groups is 1. The largest absolute Gasteiger partial charge is 0.465 e. The van der Waals surface area contributed by atoms with Crippen molar-refractivity contribution in [3.63, 3.8) is 0 Å². The van der Waals surface area contributed by atoms with E-state index >= 15 is 4.39 Å². The molecule has 2 aliphatic heterocycles. The number of carbonyl (C=O) groups is 2. The Kier molecular flexibility index (Phi) is 7.33. The number of aromatic nitrogens is 2. The maximum Gasteiger partial charge on any atom is 0.404 e. The fourth-order valence-electron chi connectivity index (χ4n) is 6.67. The smallest absolute Gasteiger partial charge is 0.404 e. The zero-order valence-corrected chi connectivity index (χ0v) is 24.2. The number of fused-ring (bicyclic) bond motifs is 3. The summed E-state index contributed by atoms with van der Waals surface area (Å²) in [4.78, 5) is 26.9. The maximum atomic E-state index is 15.8. The Morgan fingerprint density at radius 3 is 2.39 bits per heavy atom. The summed E-state index contributed by atoms with van der Waals surface area (Å²) in [6.07, 6.45) is 3.08. The fourth-order valence-corrected chi connectivity index (χ4v) is 6.67. The van der Waals surface area contributed by atoms with E-state index in [0.29, 0.717) is 46.0 Å². The van der Waals surface area contributed by atoms with Gasteiger partial charge in [-0.2, -0.15) is 10.4 Å². The van der Waals surface area contributed by atoms with Crippen molar-refractivity contribution in [2.45, 2.75) is 69.8 Å². The second kappa shape index (κ2) is 11.0. The molecular weight excluding hydrogens is 568 g/mol. The molecule has 1 unspecified atom stereocenters. The van der Waals surface area contributed by atoms with E-state index in [1.165, 1.54) is 22.9 Å². The number of piperidine rings is 1. The summed E-state index contributed by atoms with van der Waals surface area (Å²) in [6, 6.07) is 13.4. The average Bonchev–Trinajstić information content (AvgIpc) is 3.46. The molecule has 44 heavy (non-hydrogen) atoms. The molecule has 3 heterocycles. The number of amides is 2. The average molecular weight is 600 g/mol. The monoisotopic (exact) mass is 599 g/mol. The van der Waals surface area contributed by atoms with Gasteiger partial charge in [0.2, 0.25) is 0 Å². The van der Waals surface area contributed by atoms with Crippen LogP contribution in [0.4, 0.5) is 13.6 Å². The van der Waals surface area contributed by atoms with Crippen LogP contribution < -0.4 is 5.32 Å². The maximum absolute atomic E-state index is 15.8. The molecule has 3 N–H and O–H groups in total. The number of hydrogen-bond acceptors (Lipinski definition) is 5. The van der Waals surface area contributed by atoms with E-state index in [2.05, 4.69) is 10.4 Å². The van der Waals surface area contributed by atoms with Crippen LogP contribution in [0.5, 0.6) is 0 Å². The predicted octanol–water partition coefficient (Wildman–Crippen LogP) is 5.69. The zero-order chi connectivity index (χ0) is 31.3. The first-order valence-electron chi connectivity index (χ1n) is 14.5. The third-order valence-electron chi connectivity index (χ3n) is 8.52. The molecule has 0 saturated carbocycles. The summed E-state index contributed by atoms with van der Waals surface area (Å²) in [5.74, 6) is -1.52. The second-order valence-electron chi connectivity index (χ2n) is 12.3. The SMILES string of the molecule is CC(C)(O)Cn1ncc2cc(-c3ccc(C(=O)N4[C@@H]5CC[C@H]4CC(NC(=O)O)C5)cc3-c3ccc(C#N)c(F)c3)c(F)cc21. The number of carboxylic acid groups (broad SMARTS) is 1. The molecule has 2 bridgehead atoms. The molecule has 6 rings (SSSR count). The van der Waals surface area contributed by atoms with Crippen molar-refractivity contribution >= 4 is 22.9 Å². The number of nitrogens with zero attached hydrogens (tertiary/aromatic N) is 4. The molecule has 4 aromatic rings. The zero-order valence-electron chi connectivity index (χ0n) is 24.2. The van der Waals surface area contributed by atoms with Crippen LogP contribution >= 0.6 is 0 Å². The lowest BCUT2D eigenvalue weighted by Gasteiger charge is -2.39. The minimum atomic E-state index is -1.08. The fraction of sp³-hybridized carbons (Fsp3) is 0.333. The molecule has 0 radical (unpaired) electrons. The normalized spacial score (nSPS) is 19.6. The number of carbonyl (C=O) groups excluding carboxylic acids is 1. The molecular formula is C33H31F2N5O4. The van der Waals surface area contributed by atoms with Gasteiger partial charge in [-0.3, -0.25) is 9.48 Å². The summed E-state index contributed by atoms with van der Waals surface area (Å²) in [5.41, 5.74) is 1.07. The Bertz CT molecular complexity index is 1830. The van der Waals surface area contributed by atoms with Gasteiger partial charge in [-0.1, -0.05) is 12.1 Å². The van der Waals surface area contributed by atoms with Crippen molar-refractivity contribution < 1.29 is 28.6 Å². The van der Waals surface area contributed by atoms with Gasteiger partial charge in [0.15, 0.2) is 0 Å². The highest BCUT2D eigenvalue weighted by Gasteiger charge is 2.44. The molecule has 2 fully saturated rings. The Balaban J connectivity index is 1.42. The lowest BCUT2D eigenvalue weighted by molar-refractivity contribution is 0.0555. The van der Waals surface area contributed by atoms with E-state index in [4.69, 9.17) is 5.11 Å². The van der Waals surface area contributed by atoms with Crippen LogP contribution in [0.25, 0.3) is 33.2 Å². The molecule has 9 nitrogen and oxygen atoms in total. The first-order chi connectivity index (χ1) is 20.9. The quantitative estimate of drug-likeness (QED) is 0.261. The number of benzene rings is 3.